The van der Waals surface area contributed by atoms with Gasteiger partial charge >= 0.3 is 0 Å². The minimum Gasteiger partial charge on any atom is -0.325 e. The molecule has 2 N–H and O–H groups in total. The zero-order chi connectivity index (χ0) is 13.2. The van der Waals surface area contributed by atoms with Gasteiger partial charge in [0.05, 0.1) is 0 Å². The van der Waals surface area contributed by atoms with E-state index in [-0.39, 0.29) is 0 Å². The Kier molecular flexibility index (Phi) is 3.13. The molecule has 3 heterocycles. The van der Waals surface area contributed by atoms with Gasteiger partial charge < -0.3 is 10.6 Å². The van der Waals surface area contributed by atoms with Crippen LogP contribution in [0.1, 0.15) is 23.0 Å². The van der Waals surface area contributed by atoms with Crippen LogP contribution in [0, 0.1) is 13.8 Å². The van der Waals surface area contributed by atoms with Crippen molar-refractivity contribution in [3.63, 3.8) is 0 Å². The third-order valence-electron chi connectivity index (χ3n) is 3.27. The van der Waals surface area contributed by atoms with Crippen LogP contribution < -0.4 is 10.6 Å². The largest absolute Gasteiger partial charge is 0.325 e. The molecule has 0 aromatic carbocycles. The summed E-state index contributed by atoms with van der Waals surface area (Å²) < 4.78 is 0. The van der Waals surface area contributed by atoms with Gasteiger partial charge in [0.25, 0.3) is 0 Å². The monoisotopic (exact) mass is 255 g/mol. The topological polar surface area (TPSA) is 62.7 Å². The summed E-state index contributed by atoms with van der Waals surface area (Å²) in [4.78, 5) is 13.4. The third-order valence-corrected chi connectivity index (χ3v) is 3.27. The van der Waals surface area contributed by atoms with Gasteiger partial charge in [-0.15, -0.1) is 0 Å². The van der Waals surface area contributed by atoms with E-state index in [1.807, 2.05) is 32.0 Å². The van der Waals surface area contributed by atoms with E-state index in [4.69, 9.17) is 0 Å². The molecular weight excluding hydrogens is 238 g/mol. The van der Waals surface area contributed by atoms with Gasteiger partial charge in [0, 0.05) is 37.0 Å². The lowest BCUT2D eigenvalue weighted by Crippen LogP contribution is -2.41. The molecule has 19 heavy (non-hydrogen) atoms. The second-order valence-electron chi connectivity index (χ2n) is 4.90. The molecule has 2 aromatic heterocycles. The Hall–Kier alpha value is -2.01. The summed E-state index contributed by atoms with van der Waals surface area (Å²) in [5.74, 6) is 3.01. The van der Waals surface area contributed by atoms with Crippen molar-refractivity contribution in [3.8, 4) is 0 Å². The van der Waals surface area contributed by atoms with Crippen molar-refractivity contribution in [2.75, 3.05) is 18.4 Å². The van der Waals surface area contributed by atoms with Crippen LogP contribution in [-0.2, 0) is 0 Å². The molecule has 5 nitrogen and oxygen atoms in total. The summed E-state index contributed by atoms with van der Waals surface area (Å²) in [5.41, 5.74) is 2.08. The van der Waals surface area contributed by atoms with Crippen molar-refractivity contribution >= 4 is 11.6 Å². The normalized spacial score (nSPS) is 15.1. The van der Waals surface area contributed by atoms with Crippen molar-refractivity contribution < 1.29 is 0 Å². The second-order valence-corrected chi connectivity index (χ2v) is 4.90. The van der Waals surface area contributed by atoms with Gasteiger partial charge in [-0.1, -0.05) is 6.07 Å². The molecule has 2 aromatic rings. The van der Waals surface area contributed by atoms with Gasteiger partial charge in [-0.2, -0.15) is 0 Å². The van der Waals surface area contributed by atoms with Gasteiger partial charge in [0.15, 0.2) is 0 Å². The maximum Gasteiger partial charge on any atom is 0.136 e. The Bertz CT molecular complexity index is 592. The van der Waals surface area contributed by atoms with Crippen LogP contribution in [0.4, 0.5) is 11.6 Å². The highest BCUT2D eigenvalue weighted by Crippen LogP contribution is 2.21. The standard InChI is InChI=1S/C14H17N5/c1-9-4-3-5-16-13(9)18-12-6-10(2)17-14(19-12)11-7-15-8-11/h3-6,11,15H,7-8H2,1-2H3,(H,16,17,18,19). The molecule has 0 amide bonds. The molecule has 0 bridgehead atoms. The Morgan fingerprint density at radius 1 is 1.26 bits per heavy atom. The number of aromatic nitrogens is 3. The van der Waals surface area contributed by atoms with E-state index in [1.54, 1.807) is 6.20 Å². The van der Waals surface area contributed by atoms with E-state index in [9.17, 15) is 0 Å². The van der Waals surface area contributed by atoms with Crippen molar-refractivity contribution in [2.45, 2.75) is 19.8 Å². The van der Waals surface area contributed by atoms with Crippen LogP contribution in [0.3, 0.4) is 0 Å². The van der Waals surface area contributed by atoms with Gasteiger partial charge in [-0.05, 0) is 25.5 Å². The molecule has 0 atom stereocenters. The summed E-state index contributed by atoms with van der Waals surface area (Å²) >= 11 is 0. The number of aryl methyl sites for hydroxylation is 2. The number of hydrogen-bond donors (Lipinski definition) is 2. The first-order chi connectivity index (χ1) is 9.22. The molecule has 1 fully saturated rings. The Morgan fingerprint density at radius 3 is 2.79 bits per heavy atom. The average Bonchev–Trinajstić information content (AvgIpc) is 2.29. The second kappa shape index (κ2) is 4.93. The predicted molar refractivity (Wildman–Crippen MR) is 74.6 cm³/mol. The molecule has 0 spiro atoms. The lowest BCUT2D eigenvalue weighted by Gasteiger charge is -2.26. The average molecular weight is 255 g/mol. The fraction of sp³-hybridized carbons (Fsp3) is 0.357. The number of nitrogens with one attached hydrogen (secondary N) is 2. The molecule has 1 aliphatic rings. The van der Waals surface area contributed by atoms with E-state index >= 15 is 0 Å². The van der Waals surface area contributed by atoms with Crippen LogP contribution in [0.15, 0.2) is 24.4 Å². The van der Waals surface area contributed by atoms with Crippen molar-refractivity contribution in [1.82, 2.24) is 20.3 Å². The molecule has 1 aliphatic heterocycles. The summed E-state index contributed by atoms with van der Waals surface area (Å²) in [6.45, 7) is 5.95. The molecular formula is C14H17N5. The van der Waals surface area contributed by atoms with E-state index < -0.39 is 0 Å². The lowest BCUT2D eigenvalue weighted by atomic mass is 10.0. The van der Waals surface area contributed by atoms with E-state index in [0.29, 0.717) is 5.92 Å². The fourth-order valence-electron chi connectivity index (χ4n) is 2.05. The number of nitrogens with zero attached hydrogens (tertiary/aromatic N) is 3. The van der Waals surface area contributed by atoms with Gasteiger partial charge in [0.2, 0.25) is 0 Å². The number of hydrogen-bond acceptors (Lipinski definition) is 5. The summed E-state index contributed by atoms with van der Waals surface area (Å²) in [6.07, 6.45) is 1.78. The maximum atomic E-state index is 4.59. The zero-order valence-corrected chi connectivity index (χ0v) is 11.1. The first kappa shape index (κ1) is 12.0. The Morgan fingerprint density at radius 2 is 2.11 bits per heavy atom. The van der Waals surface area contributed by atoms with Crippen molar-refractivity contribution in [2.24, 2.45) is 0 Å². The van der Waals surface area contributed by atoms with Crippen LogP contribution in [0.2, 0.25) is 0 Å². The molecule has 0 saturated carbocycles. The van der Waals surface area contributed by atoms with Crippen molar-refractivity contribution in [3.05, 3.63) is 41.5 Å². The molecule has 98 valence electrons. The van der Waals surface area contributed by atoms with E-state index in [0.717, 1.165) is 41.8 Å². The van der Waals surface area contributed by atoms with Gasteiger partial charge in [-0.3, -0.25) is 0 Å². The van der Waals surface area contributed by atoms with Crippen LogP contribution in [-0.4, -0.2) is 28.0 Å². The van der Waals surface area contributed by atoms with Gasteiger partial charge in [-0.25, -0.2) is 15.0 Å². The first-order valence-electron chi connectivity index (χ1n) is 6.47. The summed E-state index contributed by atoms with van der Waals surface area (Å²) in [7, 11) is 0. The SMILES string of the molecule is Cc1cc(Nc2ncccc2C)nc(C2CNC2)n1. The first-order valence-corrected chi connectivity index (χ1v) is 6.47. The Labute approximate surface area is 112 Å². The fourth-order valence-corrected chi connectivity index (χ4v) is 2.05. The minimum atomic E-state index is 0.435. The molecule has 3 rings (SSSR count). The quantitative estimate of drug-likeness (QED) is 0.877. The smallest absolute Gasteiger partial charge is 0.136 e. The Balaban J connectivity index is 1.88. The number of pyridine rings is 1. The molecule has 1 saturated heterocycles. The number of anilines is 2. The molecule has 0 unspecified atom stereocenters. The van der Waals surface area contributed by atoms with Gasteiger partial charge in [0.1, 0.15) is 17.5 Å². The molecule has 0 aliphatic carbocycles. The zero-order valence-electron chi connectivity index (χ0n) is 11.1. The number of rotatable bonds is 3. The third kappa shape index (κ3) is 2.56. The highest BCUT2D eigenvalue weighted by Gasteiger charge is 2.22. The summed E-state index contributed by atoms with van der Waals surface area (Å²) in [5, 5.41) is 6.52. The summed E-state index contributed by atoms with van der Waals surface area (Å²) in [6, 6.07) is 5.90. The van der Waals surface area contributed by atoms with E-state index in [2.05, 4.69) is 25.6 Å². The van der Waals surface area contributed by atoms with Crippen LogP contribution >= 0.6 is 0 Å². The van der Waals surface area contributed by atoms with Crippen LogP contribution in [0.5, 0.6) is 0 Å². The van der Waals surface area contributed by atoms with Crippen LogP contribution in [0.25, 0.3) is 0 Å². The molecule has 5 heteroatoms. The highest BCUT2D eigenvalue weighted by molar-refractivity contribution is 5.55. The predicted octanol–water partition coefficient (Wildman–Crippen LogP) is 1.92. The maximum absolute atomic E-state index is 4.59. The lowest BCUT2D eigenvalue weighted by molar-refractivity contribution is 0.429. The van der Waals surface area contributed by atoms with Crippen molar-refractivity contribution in [1.29, 1.82) is 0 Å². The minimum absolute atomic E-state index is 0.435. The molecule has 0 radical (unpaired) electrons. The van der Waals surface area contributed by atoms with E-state index in [1.165, 1.54) is 0 Å². The highest BCUT2D eigenvalue weighted by atomic mass is 15.1.